The van der Waals surface area contributed by atoms with Crippen molar-refractivity contribution < 1.29 is 19.1 Å². The van der Waals surface area contributed by atoms with Crippen LogP contribution in [0.25, 0.3) is 0 Å². The second-order valence-electron chi connectivity index (χ2n) is 4.74. The van der Waals surface area contributed by atoms with E-state index in [9.17, 15) is 14.0 Å². The van der Waals surface area contributed by atoms with Gasteiger partial charge in [-0.05, 0) is 30.5 Å². The molecule has 5 nitrogen and oxygen atoms in total. The Labute approximate surface area is 121 Å². The molecule has 110 valence electrons. The van der Waals surface area contributed by atoms with Crippen LogP contribution >= 0.6 is 11.6 Å². The van der Waals surface area contributed by atoms with Gasteiger partial charge in [0, 0.05) is 5.02 Å². The summed E-state index contributed by atoms with van der Waals surface area (Å²) < 4.78 is 13.4. The number of hydrogen-bond donors (Lipinski definition) is 3. The molecule has 0 aliphatic carbocycles. The maximum Gasteiger partial charge on any atom is 0.326 e. The summed E-state index contributed by atoms with van der Waals surface area (Å²) in [6, 6.07) is 1.88. The lowest BCUT2D eigenvalue weighted by Gasteiger charge is -2.17. The molecule has 3 N–H and O–H groups in total. The lowest BCUT2D eigenvalue weighted by atomic mass is 10.0. The zero-order chi connectivity index (χ0) is 15.3. The van der Waals surface area contributed by atoms with Gasteiger partial charge in [0.25, 0.3) is 0 Å². The van der Waals surface area contributed by atoms with Crippen LogP contribution < -0.4 is 10.6 Å². The predicted octanol–water partition coefficient (Wildman–Crippen LogP) is 3.10. The van der Waals surface area contributed by atoms with Gasteiger partial charge in [-0.1, -0.05) is 25.4 Å². The lowest BCUT2D eigenvalue weighted by molar-refractivity contribution is -0.139. The van der Waals surface area contributed by atoms with E-state index in [1.54, 1.807) is 0 Å². The third-order valence-corrected chi connectivity index (χ3v) is 2.72. The van der Waals surface area contributed by atoms with Gasteiger partial charge in [0.05, 0.1) is 5.69 Å². The maximum absolute atomic E-state index is 13.4. The number of amides is 2. The quantitative estimate of drug-likeness (QED) is 0.782. The van der Waals surface area contributed by atoms with Gasteiger partial charge in [-0.2, -0.15) is 0 Å². The predicted molar refractivity (Wildman–Crippen MR) is 74.4 cm³/mol. The molecular formula is C13H16ClFN2O3. The van der Waals surface area contributed by atoms with Gasteiger partial charge < -0.3 is 15.7 Å². The minimum Gasteiger partial charge on any atom is -0.480 e. The number of hydrogen-bond acceptors (Lipinski definition) is 2. The molecule has 0 heterocycles. The number of aliphatic carboxylic acids is 1. The standard InChI is InChI=1S/C13H16ClFN2O3/c1-7(2)5-11(12(18)19)17-13(20)16-10-6-8(14)3-4-9(10)15/h3-4,6-7,11H,5H2,1-2H3,(H,18,19)(H2,16,17,20)/t11-/m0/s1. The molecule has 2 amide bonds. The molecular weight excluding hydrogens is 287 g/mol. The van der Waals surface area contributed by atoms with Gasteiger partial charge in [-0.3, -0.25) is 0 Å². The first kappa shape index (κ1) is 16.2. The molecule has 0 radical (unpaired) electrons. The Morgan fingerprint density at radius 1 is 1.40 bits per heavy atom. The van der Waals surface area contributed by atoms with Gasteiger partial charge in [-0.25, -0.2) is 14.0 Å². The number of carbonyl (C=O) groups is 2. The van der Waals surface area contributed by atoms with Gasteiger partial charge in [0.15, 0.2) is 0 Å². The van der Waals surface area contributed by atoms with Crippen molar-refractivity contribution in [3.8, 4) is 0 Å². The number of carboxylic acids is 1. The van der Waals surface area contributed by atoms with Gasteiger partial charge in [0.2, 0.25) is 0 Å². The summed E-state index contributed by atoms with van der Waals surface area (Å²) in [4.78, 5) is 22.7. The van der Waals surface area contributed by atoms with Crippen LogP contribution in [0.15, 0.2) is 18.2 Å². The first-order chi connectivity index (χ1) is 9.29. The lowest BCUT2D eigenvalue weighted by Crippen LogP contribution is -2.43. The van der Waals surface area contributed by atoms with E-state index in [0.29, 0.717) is 0 Å². The van der Waals surface area contributed by atoms with E-state index < -0.39 is 23.9 Å². The molecule has 0 fully saturated rings. The van der Waals surface area contributed by atoms with Gasteiger partial charge in [0.1, 0.15) is 11.9 Å². The molecule has 1 atom stereocenters. The molecule has 7 heteroatoms. The molecule has 0 aromatic heterocycles. The summed E-state index contributed by atoms with van der Waals surface area (Å²) >= 11 is 5.69. The van der Waals surface area contributed by atoms with Crippen molar-refractivity contribution in [1.82, 2.24) is 5.32 Å². The van der Waals surface area contributed by atoms with E-state index in [4.69, 9.17) is 16.7 Å². The highest BCUT2D eigenvalue weighted by Crippen LogP contribution is 2.19. The van der Waals surface area contributed by atoms with E-state index >= 15 is 0 Å². The molecule has 20 heavy (non-hydrogen) atoms. The summed E-state index contributed by atoms with van der Waals surface area (Å²) in [6.45, 7) is 3.68. The van der Waals surface area contributed by atoms with Gasteiger partial charge >= 0.3 is 12.0 Å². The topological polar surface area (TPSA) is 78.4 Å². The van der Waals surface area contributed by atoms with Crippen molar-refractivity contribution in [2.75, 3.05) is 5.32 Å². The highest BCUT2D eigenvalue weighted by atomic mass is 35.5. The van der Waals surface area contributed by atoms with E-state index in [1.807, 2.05) is 13.8 Å². The second kappa shape index (κ2) is 7.09. The van der Waals surface area contributed by atoms with E-state index in [1.165, 1.54) is 12.1 Å². The van der Waals surface area contributed by atoms with Crippen molar-refractivity contribution >= 4 is 29.3 Å². The minimum absolute atomic E-state index is 0.0966. The fourth-order valence-electron chi connectivity index (χ4n) is 1.60. The summed E-state index contributed by atoms with van der Waals surface area (Å²) in [7, 11) is 0. The van der Waals surface area contributed by atoms with E-state index in [-0.39, 0.29) is 23.0 Å². The van der Waals surface area contributed by atoms with Crippen LogP contribution in [-0.4, -0.2) is 23.1 Å². The molecule has 1 rings (SSSR count). The first-order valence-electron chi connectivity index (χ1n) is 6.05. The molecule has 0 saturated carbocycles. The van der Waals surface area contributed by atoms with Crippen molar-refractivity contribution in [1.29, 1.82) is 0 Å². The molecule has 0 aliphatic rings. The van der Waals surface area contributed by atoms with Gasteiger partial charge in [-0.15, -0.1) is 0 Å². The van der Waals surface area contributed by atoms with Crippen molar-refractivity contribution in [3.05, 3.63) is 29.0 Å². The molecule has 0 spiro atoms. The zero-order valence-electron chi connectivity index (χ0n) is 11.1. The summed E-state index contributed by atoms with van der Waals surface area (Å²) in [5.41, 5.74) is -0.108. The molecule has 1 aromatic rings. The largest absolute Gasteiger partial charge is 0.480 e. The number of urea groups is 1. The van der Waals surface area contributed by atoms with Crippen molar-refractivity contribution in [2.45, 2.75) is 26.3 Å². The number of carboxylic acid groups (broad SMARTS) is 1. The van der Waals surface area contributed by atoms with Crippen molar-refractivity contribution in [3.63, 3.8) is 0 Å². The number of benzene rings is 1. The zero-order valence-corrected chi connectivity index (χ0v) is 11.9. The van der Waals surface area contributed by atoms with Crippen LogP contribution in [0.5, 0.6) is 0 Å². The Balaban J connectivity index is 2.70. The van der Waals surface area contributed by atoms with Crippen LogP contribution in [0.1, 0.15) is 20.3 Å². The summed E-state index contributed by atoms with van der Waals surface area (Å²) in [5.74, 6) is -1.69. The van der Waals surface area contributed by atoms with E-state index in [0.717, 1.165) is 6.07 Å². The number of halogens is 2. The number of carbonyl (C=O) groups excluding carboxylic acids is 1. The minimum atomic E-state index is -1.14. The van der Waals surface area contributed by atoms with Crippen LogP contribution in [0, 0.1) is 11.7 Å². The fourth-order valence-corrected chi connectivity index (χ4v) is 1.77. The van der Waals surface area contributed by atoms with E-state index in [2.05, 4.69) is 10.6 Å². The van der Waals surface area contributed by atoms with Crippen LogP contribution in [0.2, 0.25) is 5.02 Å². The summed E-state index contributed by atoms with van der Waals surface area (Å²) in [5, 5.41) is 13.8. The fraction of sp³-hybridized carbons (Fsp3) is 0.385. The Morgan fingerprint density at radius 2 is 2.05 bits per heavy atom. The molecule has 0 bridgehead atoms. The van der Waals surface area contributed by atoms with Crippen LogP contribution in [-0.2, 0) is 4.79 Å². The molecule has 0 saturated heterocycles. The normalized spacial score (nSPS) is 12.1. The number of nitrogens with one attached hydrogen (secondary N) is 2. The van der Waals surface area contributed by atoms with Crippen LogP contribution in [0.4, 0.5) is 14.9 Å². The Morgan fingerprint density at radius 3 is 2.60 bits per heavy atom. The van der Waals surface area contributed by atoms with Crippen molar-refractivity contribution in [2.24, 2.45) is 5.92 Å². The third-order valence-electron chi connectivity index (χ3n) is 2.49. The SMILES string of the molecule is CC(C)C[C@H](NC(=O)Nc1cc(Cl)ccc1F)C(=O)O. The number of rotatable bonds is 5. The van der Waals surface area contributed by atoms with Crippen LogP contribution in [0.3, 0.4) is 0 Å². The maximum atomic E-state index is 13.4. The molecule has 1 aromatic carbocycles. The average Bonchev–Trinajstić information content (AvgIpc) is 2.32. The highest BCUT2D eigenvalue weighted by Gasteiger charge is 2.21. The smallest absolute Gasteiger partial charge is 0.326 e. The molecule has 0 unspecified atom stereocenters. The average molecular weight is 303 g/mol. The second-order valence-corrected chi connectivity index (χ2v) is 5.18. The highest BCUT2D eigenvalue weighted by molar-refractivity contribution is 6.30. The summed E-state index contributed by atoms with van der Waals surface area (Å²) in [6.07, 6.45) is 0.279. The monoisotopic (exact) mass is 302 g/mol. The third kappa shape index (κ3) is 5.05. The Bertz CT molecular complexity index is 508. The molecule has 0 aliphatic heterocycles. The Kier molecular flexibility index (Phi) is 5.76. The Hall–Kier alpha value is -1.82. The first-order valence-corrected chi connectivity index (χ1v) is 6.42. The number of anilines is 1.